The molecule has 0 saturated carbocycles. The van der Waals surface area contributed by atoms with E-state index in [1.807, 2.05) is 0 Å². The van der Waals surface area contributed by atoms with E-state index in [0.717, 1.165) is 51.9 Å². The topological polar surface area (TPSA) is 65.4 Å². The molecule has 0 bridgehead atoms. The lowest BCUT2D eigenvalue weighted by molar-refractivity contribution is -0.0424. The highest BCUT2D eigenvalue weighted by molar-refractivity contribution is 6.32. The summed E-state index contributed by atoms with van der Waals surface area (Å²) in [5, 5.41) is 7.63. The number of rotatable bonds is 4. The summed E-state index contributed by atoms with van der Waals surface area (Å²) in [4.78, 5) is 12.4. The van der Waals surface area contributed by atoms with Gasteiger partial charge in [-0.3, -0.25) is 4.79 Å². The van der Waals surface area contributed by atoms with Gasteiger partial charge in [0.1, 0.15) is 5.02 Å². The van der Waals surface area contributed by atoms with Gasteiger partial charge >= 0.3 is 0 Å². The molecule has 1 N–H and O–H groups in total. The second-order valence-electron chi connectivity index (χ2n) is 5.91. The first-order valence-corrected chi connectivity index (χ1v) is 8.34. The minimum Gasteiger partial charge on any atom is -0.382 e. The molecule has 6 nitrogen and oxygen atoms in total. The van der Waals surface area contributed by atoms with Gasteiger partial charge < -0.3 is 14.8 Å². The second-order valence-corrected chi connectivity index (χ2v) is 6.29. The van der Waals surface area contributed by atoms with Crippen LogP contribution in [0.15, 0.2) is 11.0 Å². The van der Waals surface area contributed by atoms with Gasteiger partial charge in [-0.15, -0.1) is 0 Å². The first-order valence-electron chi connectivity index (χ1n) is 7.96. The SMILES string of the molecule is O=c1c(Cl)c(NC[C@H]2CCCOC2)cnn1[C@H]1CCCCO1. The Labute approximate surface area is 134 Å². The fourth-order valence-electron chi connectivity index (χ4n) is 2.91. The predicted molar refractivity (Wildman–Crippen MR) is 84.4 cm³/mol. The van der Waals surface area contributed by atoms with Crippen LogP contribution in [0.5, 0.6) is 0 Å². The quantitative estimate of drug-likeness (QED) is 0.920. The lowest BCUT2D eigenvalue weighted by atomic mass is 10.0. The molecule has 122 valence electrons. The Bertz CT molecular complexity index is 551. The molecule has 2 aliphatic heterocycles. The lowest BCUT2D eigenvalue weighted by Gasteiger charge is -2.24. The number of hydrogen-bond acceptors (Lipinski definition) is 5. The predicted octanol–water partition coefficient (Wildman–Crippen LogP) is 2.43. The normalized spacial score (nSPS) is 25.9. The molecule has 0 radical (unpaired) electrons. The van der Waals surface area contributed by atoms with Crippen LogP contribution in [0.3, 0.4) is 0 Å². The Morgan fingerprint density at radius 3 is 2.95 bits per heavy atom. The zero-order valence-corrected chi connectivity index (χ0v) is 13.3. The van der Waals surface area contributed by atoms with Crippen LogP contribution >= 0.6 is 11.6 Å². The molecule has 0 aliphatic carbocycles. The Kier molecular flexibility index (Phi) is 5.33. The Balaban J connectivity index is 1.67. The van der Waals surface area contributed by atoms with Crippen LogP contribution in [0.2, 0.25) is 5.02 Å². The number of ether oxygens (including phenoxy) is 2. The van der Waals surface area contributed by atoms with Crippen LogP contribution in [0.25, 0.3) is 0 Å². The van der Waals surface area contributed by atoms with Gasteiger partial charge in [0.25, 0.3) is 5.56 Å². The number of nitrogens with zero attached hydrogens (tertiary/aromatic N) is 2. The summed E-state index contributed by atoms with van der Waals surface area (Å²) < 4.78 is 12.4. The van der Waals surface area contributed by atoms with Gasteiger partial charge in [0.15, 0.2) is 6.23 Å². The number of anilines is 1. The van der Waals surface area contributed by atoms with Gasteiger partial charge in [-0.25, -0.2) is 0 Å². The molecule has 0 unspecified atom stereocenters. The van der Waals surface area contributed by atoms with Crippen molar-refractivity contribution in [1.82, 2.24) is 9.78 Å². The fraction of sp³-hybridized carbons (Fsp3) is 0.733. The Morgan fingerprint density at radius 2 is 2.23 bits per heavy atom. The highest BCUT2D eigenvalue weighted by Crippen LogP contribution is 2.23. The van der Waals surface area contributed by atoms with Crippen molar-refractivity contribution < 1.29 is 9.47 Å². The van der Waals surface area contributed by atoms with Gasteiger partial charge in [0, 0.05) is 19.8 Å². The van der Waals surface area contributed by atoms with Crippen molar-refractivity contribution in [2.75, 3.05) is 31.7 Å². The lowest BCUT2D eigenvalue weighted by Crippen LogP contribution is -2.32. The summed E-state index contributed by atoms with van der Waals surface area (Å²) in [6.45, 7) is 3.00. The molecular weight excluding hydrogens is 306 g/mol. The third-order valence-electron chi connectivity index (χ3n) is 4.21. The average Bonchev–Trinajstić information content (AvgIpc) is 2.58. The van der Waals surface area contributed by atoms with E-state index in [2.05, 4.69) is 10.4 Å². The first-order chi connectivity index (χ1) is 10.8. The molecule has 0 spiro atoms. The van der Waals surface area contributed by atoms with Gasteiger partial charge in [-0.05, 0) is 38.0 Å². The third-order valence-corrected chi connectivity index (χ3v) is 4.57. The van der Waals surface area contributed by atoms with E-state index in [4.69, 9.17) is 21.1 Å². The maximum Gasteiger partial charge on any atom is 0.290 e. The number of nitrogens with one attached hydrogen (secondary N) is 1. The van der Waals surface area contributed by atoms with Crippen LogP contribution in [0, 0.1) is 5.92 Å². The van der Waals surface area contributed by atoms with E-state index in [-0.39, 0.29) is 16.8 Å². The molecule has 2 fully saturated rings. The molecule has 3 rings (SSSR count). The molecule has 0 aromatic carbocycles. The highest BCUT2D eigenvalue weighted by Gasteiger charge is 2.21. The fourth-order valence-corrected chi connectivity index (χ4v) is 3.11. The van der Waals surface area contributed by atoms with E-state index < -0.39 is 0 Å². The summed E-state index contributed by atoms with van der Waals surface area (Å²) in [5.74, 6) is 0.453. The zero-order valence-electron chi connectivity index (χ0n) is 12.6. The van der Waals surface area contributed by atoms with Crippen LogP contribution < -0.4 is 10.9 Å². The molecular formula is C15H22ClN3O3. The van der Waals surface area contributed by atoms with Crippen LogP contribution in [0.1, 0.15) is 38.3 Å². The van der Waals surface area contributed by atoms with Crippen molar-refractivity contribution in [2.45, 2.75) is 38.3 Å². The van der Waals surface area contributed by atoms with Gasteiger partial charge in [0.05, 0.1) is 18.5 Å². The van der Waals surface area contributed by atoms with Crippen molar-refractivity contribution in [3.8, 4) is 0 Å². The van der Waals surface area contributed by atoms with Gasteiger partial charge in [-0.2, -0.15) is 9.78 Å². The zero-order chi connectivity index (χ0) is 15.4. The summed E-state index contributed by atoms with van der Waals surface area (Å²) >= 11 is 6.21. The average molecular weight is 328 g/mol. The van der Waals surface area contributed by atoms with Crippen LogP contribution in [-0.4, -0.2) is 36.1 Å². The molecule has 3 heterocycles. The highest BCUT2D eigenvalue weighted by atomic mass is 35.5. The van der Waals surface area contributed by atoms with Crippen molar-refractivity contribution in [1.29, 1.82) is 0 Å². The van der Waals surface area contributed by atoms with E-state index in [9.17, 15) is 4.79 Å². The van der Waals surface area contributed by atoms with Gasteiger partial charge in [-0.1, -0.05) is 11.6 Å². The largest absolute Gasteiger partial charge is 0.382 e. The third kappa shape index (κ3) is 3.62. The summed E-state index contributed by atoms with van der Waals surface area (Å²) in [6.07, 6.45) is 6.41. The van der Waals surface area contributed by atoms with E-state index in [1.165, 1.54) is 4.68 Å². The van der Waals surface area contributed by atoms with Crippen molar-refractivity contribution in [3.63, 3.8) is 0 Å². The number of hydrogen-bond donors (Lipinski definition) is 1. The van der Waals surface area contributed by atoms with E-state index >= 15 is 0 Å². The summed E-state index contributed by atoms with van der Waals surface area (Å²) in [6, 6.07) is 0. The molecule has 1 aromatic heterocycles. The summed E-state index contributed by atoms with van der Waals surface area (Å²) in [7, 11) is 0. The van der Waals surface area contributed by atoms with E-state index in [1.54, 1.807) is 6.20 Å². The molecule has 7 heteroatoms. The molecule has 2 saturated heterocycles. The first kappa shape index (κ1) is 15.8. The van der Waals surface area contributed by atoms with E-state index in [0.29, 0.717) is 18.2 Å². The number of aromatic nitrogens is 2. The van der Waals surface area contributed by atoms with Crippen LogP contribution in [0.4, 0.5) is 5.69 Å². The van der Waals surface area contributed by atoms with Gasteiger partial charge in [0.2, 0.25) is 0 Å². The Hall–Kier alpha value is -1.11. The molecule has 2 atom stereocenters. The minimum atomic E-state index is -0.293. The Morgan fingerprint density at radius 1 is 1.32 bits per heavy atom. The molecule has 1 aromatic rings. The standard InChI is InChI=1S/C15H22ClN3O3/c16-14-12(17-8-11-4-3-6-21-10-11)9-18-19(15(14)20)13-5-1-2-7-22-13/h9,11,13,17H,1-8,10H2/t11-,13-/m1/s1. The smallest absolute Gasteiger partial charge is 0.290 e. The number of halogens is 1. The monoisotopic (exact) mass is 327 g/mol. The van der Waals surface area contributed by atoms with Crippen LogP contribution in [-0.2, 0) is 9.47 Å². The maximum absolute atomic E-state index is 12.4. The second kappa shape index (κ2) is 7.44. The maximum atomic E-state index is 12.4. The molecule has 0 amide bonds. The van der Waals surface area contributed by atoms with Crippen molar-refractivity contribution in [2.24, 2.45) is 5.92 Å². The van der Waals surface area contributed by atoms with Crippen molar-refractivity contribution >= 4 is 17.3 Å². The minimum absolute atomic E-state index is 0.181. The summed E-state index contributed by atoms with van der Waals surface area (Å²) in [5.41, 5.74) is 0.294. The molecule has 22 heavy (non-hydrogen) atoms. The molecule has 2 aliphatic rings. The van der Waals surface area contributed by atoms with Crippen molar-refractivity contribution in [3.05, 3.63) is 21.6 Å².